The molecule has 242 valence electrons. The van der Waals surface area contributed by atoms with Crippen LogP contribution in [0.4, 0.5) is 5.69 Å². The van der Waals surface area contributed by atoms with Crippen molar-refractivity contribution in [2.45, 2.75) is 31.6 Å². The van der Waals surface area contributed by atoms with E-state index in [2.05, 4.69) is 15.3 Å². The zero-order valence-electron chi connectivity index (χ0n) is 26.7. The number of nitrogens with one attached hydrogen (secondary N) is 1. The molecular formula is C35H35N5O5S2. The molecule has 10 nitrogen and oxygen atoms in total. The Morgan fingerprint density at radius 3 is 2.21 bits per heavy atom. The first-order chi connectivity index (χ1) is 22.8. The normalized spacial score (nSPS) is 11.4. The highest BCUT2D eigenvalue weighted by atomic mass is 32.2. The van der Waals surface area contributed by atoms with Crippen LogP contribution < -0.4 is 19.5 Å². The highest BCUT2D eigenvalue weighted by Gasteiger charge is 2.33. The number of aryl methyl sites for hydroxylation is 2. The van der Waals surface area contributed by atoms with E-state index in [9.17, 15) is 9.59 Å². The summed E-state index contributed by atoms with van der Waals surface area (Å²) in [4.78, 5) is 43.9. The number of ether oxygens (including phenoxy) is 3. The summed E-state index contributed by atoms with van der Waals surface area (Å²) in [5.74, 6) is 0.873. The van der Waals surface area contributed by atoms with Gasteiger partial charge < -0.3 is 24.4 Å². The number of benzene rings is 3. The Kier molecular flexibility index (Phi) is 11.1. The first-order valence-electron chi connectivity index (χ1n) is 14.7. The fraction of sp³-hybridized carbons (Fsp3) is 0.229. The Morgan fingerprint density at radius 2 is 1.55 bits per heavy atom. The van der Waals surface area contributed by atoms with Crippen LogP contribution in [0.3, 0.4) is 0 Å². The molecule has 0 radical (unpaired) electrons. The summed E-state index contributed by atoms with van der Waals surface area (Å²) in [6, 6.07) is 22.8. The van der Waals surface area contributed by atoms with Crippen molar-refractivity contribution < 1.29 is 23.8 Å². The van der Waals surface area contributed by atoms with E-state index in [0.717, 1.165) is 22.6 Å². The van der Waals surface area contributed by atoms with E-state index in [-0.39, 0.29) is 18.2 Å². The van der Waals surface area contributed by atoms with E-state index < -0.39 is 11.9 Å². The first-order valence-corrected chi connectivity index (χ1v) is 16.6. The summed E-state index contributed by atoms with van der Waals surface area (Å²) in [5.41, 5.74) is 4.46. The molecule has 3 aromatic carbocycles. The number of nitrogens with zero attached hydrogens (tertiary/aromatic N) is 4. The lowest BCUT2D eigenvalue weighted by molar-refractivity contribution is -0.137. The molecule has 0 aliphatic heterocycles. The van der Waals surface area contributed by atoms with Crippen molar-refractivity contribution in [2.75, 3.05) is 32.4 Å². The Labute approximate surface area is 282 Å². The van der Waals surface area contributed by atoms with Gasteiger partial charge in [0.15, 0.2) is 16.7 Å². The average molecular weight is 670 g/mol. The maximum atomic E-state index is 14.3. The number of aromatic nitrogens is 3. The molecule has 0 aliphatic carbocycles. The van der Waals surface area contributed by atoms with Crippen LogP contribution in [0.2, 0.25) is 0 Å². The van der Waals surface area contributed by atoms with Crippen LogP contribution in [-0.4, -0.2) is 58.7 Å². The topological polar surface area (TPSA) is 116 Å². The molecule has 1 atom stereocenters. The van der Waals surface area contributed by atoms with Gasteiger partial charge in [0.05, 0.1) is 39.3 Å². The molecule has 0 saturated carbocycles. The number of thioether (sulfide) groups is 1. The van der Waals surface area contributed by atoms with Gasteiger partial charge in [0.1, 0.15) is 16.8 Å². The van der Waals surface area contributed by atoms with Gasteiger partial charge in [-0.05, 0) is 61.9 Å². The number of hydrogen-bond acceptors (Lipinski definition) is 10. The molecule has 0 saturated heterocycles. The first kappa shape index (κ1) is 33.4. The molecule has 5 aromatic rings. The highest BCUT2D eigenvalue weighted by Crippen LogP contribution is 2.35. The molecule has 5 rings (SSSR count). The van der Waals surface area contributed by atoms with Gasteiger partial charge in [0.25, 0.3) is 5.91 Å². The number of carbonyl (C=O) groups is 2. The predicted molar refractivity (Wildman–Crippen MR) is 184 cm³/mol. The number of thiazole rings is 1. The number of amides is 2. The fourth-order valence-electron chi connectivity index (χ4n) is 4.94. The van der Waals surface area contributed by atoms with Crippen molar-refractivity contribution in [1.82, 2.24) is 19.9 Å². The molecule has 0 spiro atoms. The minimum atomic E-state index is -1.06. The summed E-state index contributed by atoms with van der Waals surface area (Å²) >= 11 is 2.65. The second-order valence-corrected chi connectivity index (χ2v) is 12.4. The van der Waals surface area contributed by atoms with Crippen LogP contribution in [0, 0.1) is 13.8 Å². The molecule has 0 bridgehead atoms. The SMILES string of the molecule is COc1ccc(NC(=O)[C@@H](c2ccc(OC)c(OC)c2)N(Cc2nc(-c3ccccc3)cs2)C(=O)CSc2nc(C)cc(C)n2)cc1. The van der Waals surface area contributed by atoms with Gasteiger partial charge in [-0.2, -0.15) is 0 Å². The molecule has 2 heterocycles. The Bertz CT molecular complexity index is 1810. The number of rotatable bonds is 13. The van der Waals surface area contributed by atoms with E-state index >= 15 is 0 Å². The zero-order chi connectivity index (χ0) is 33.3. The monoisotopic (exact) mass is 669 g/mol. The number of anilines is 1. The lowest BCUT2D eigenvalue weighted by Gasteiger charge is -2.31. The molecule has 47 heavy (non-hydrogen) atoms. The van der Waals surface area contributed by atoms with E-state index in [4.69, 9.17) is 19.2 Å². The van der Waals surface area contributed by atoms with Crippen LogP contribution >= 0.6 is 23.1 Å². The van der Waals surface area contributed by atoms with Gasteiger partial charge in [0, 0.05) is 28.0 Å². The van der Waals surface area contributed by atoms with Gasteiger partial charge >= 0.3 is 0 Å². The zero-order valence-corrected chi connectivity index (χ0v) is 28.4. The van der Waals surface area contributed by atoms with E-state index in [1.807, 2.05) is 55.6 Å². The second-order valence-electron chi connectivity index (χ2n) is 10.5. The molecule has 0 fully saturated rings. The smallest absolute Gasteiger partial charge is 0.251 e. The number of methoxy groups -OCH3 is 3. The Balaban J connectivity index is 1.55. The molecule has 0 aliphatic rings. The standard InChI is InChI=1S/C35H35N5O5S2/c1-22-17-23(2)37-35(36-22)47-21-32(41)40(19-31-39-28(20-46-31)24-9-7-6-8-10-24)33(25-11-16-29(44-4)30(18-25)45-5)34(42)38-26-12-14-27(43-3)15-13-26/h6-18,20,33H,19,21H2,1-5H3,(H,38,42)/t33-/m1/s1. The van der Waals surface area contributed by atoms with Crippen molar-refractivity contribution in [3.8, 4) is 28.5 Å². The molecule has 12 heteroatoms. The van der Waals surface area contributed by atoms with Crippen LogP contribution in [0.15, 0.2) is 89.4 Å². The van der Waals surface area contributed by atoms with Gasteiger partial charge in [0.2, 0.25) is 5.91 Å². The third kappa shape index (κ3) is 8.46. The van der Waals surface area contributed by atoms with Crippen molar-refractivity contribution in [2.24, 2.45) is 0 Å². The number of carbonyl (C=O) groups excluding carboxylic acids is 2. The van der Waals surface area contributed by atoms with Crippen LogP contribution in [0.25, 0.3) is 11.3 Å². The minimum absolute atomic E-state index is 0.000579. The van der Waals surface area contributed by atoms with Crippen LogP contribution in [0.1, 0.15) is 28.0 Å². The fourth-order valence-corrected chi connectivity index (χ4v) is 6.58. The third-order valence-corrected chi connectivity index (χ3v) is 8.84. The van der Waals surface area contributed by atoms with Crippen LogP contribution in [0.5, 0.6) is 17.2 Å². The summed E-state index contributed by atoms with van der Waals surface area (Å²) in [6.07, 6.45) is 0. The summed E-state index contributed by atoms with van der Waals surface area (Å²) in [6.45, 7) is 3.85. The van der Waals surface area contributed by atoms with Crippen molar-refractivity contribution in [3.63, 3.8) is 0 Å². The molecule has 1 N–H and O–H groups in total. The molecular weight excluding hydrogens is 635 g/mol. The maximum absolute atomic E-state index is 14.3. The molecule has 2 aromatic heterocycles. The highest BCUT2D eigenvalue weighted by molar-refractivity contribution is 7.99. The average Bonchev–Trinajstić information content (AvgIpc) is 3.56. The largest absolute Gasteiger partial charge is 0.497 e. The van der Waals surface area contributed by atoms with Gasteiger partial charge in [-0.3, -0.25) is 9.59 Å². The van der Waals surface area contributed by atoms with Gasteiger partial charge in [-0.15, -0.1) is 11.3 Å². The maximum Gasteiger partial charge on any atom is 0.251 e. The van der Waals surface area contributed by atoms with Crippen molar-refractivity contribution >= 4 is 40.6 Å². The van der Waals surface area contributed by atoms with Crippen LogP contribution in [-0.2, 0) is 16.1 Å². The Morgan fingerprint density at radius 1 is 0.851 bits per heavy atom. The third-order valence-electron chi connectivity index (χ3n) is 7.17. The lowest BCUT2D eigenvalue weighted by Crippen LogP contribution is -2.41. The molecule has 2 amide bonds. The van der Waals surface area contributed by atoms with E-state index in [0.29, 0.717) is 38.7 Å². The quantitative estimate of drug-likeness (QED) is 0.107. The molecule has 0 unspecified atom stereocenters. The summed E-state index contributed by atoms with van der Waals surface area (Å²) in [5, 5.41) is 6.10. The summed E-state index contributed by atoms with van der Waals surface area (Å²) in [7, 11) is 4.64. The lowest BCUT2D eigenvalue weighted by atomic mass is 10.0. The van der Waals surface area contributed by atoms with E-state index in [1.54, 1.807) is 61.6 Å². The van der Waals surface area contributed by atoms with Gasteiger partial charge in [-0.25, -0.2) is 15.0 Å². The van der Waals surface area contributed by atoms with Crippen molar-refractivity contribution in [1.29, 1.82) is 0 Å². The summed E-state index contributed by atoms with van der Waals surface area (Å²) < 4.78 is 16.3. The number of hydrogen-bond donors (Lipinski definition) is 1. The Hall–Kier alpha value is -4.94. The van der Waals surface area contributed by atoms with E-state index in [1.165, 1.54) is 30.2 Å². The second kappa shape index (κ2) is 15.6. The van der Waals surface area contributed by atoms with Gasteiger partial charge in [-0.1, -0.05) is 48.2 Å². The van der Waals surface area contributed by atoms with Crippen molar-refractivity contribution in [3.05, 3.63) is 106 Å². The predicted octanol–water partition coefficient (Wildman–Crippen LogP) is 6.74. The minimum Gasteiger partial charge on any atom is -0.497 e.